The topological polar surface area (TPSA) is 88.5 Å². The summed E-state index contributed by atoms with van der Waals surface area (Å²) in [4.78, 5) is 31.0. The number of rotatable bonds is 5. The van der Waals surface area contributed by atoms with Crippen molar-refractivity contribution in [3.8, 4) is 0 Å². The number of esters is 1. The summed E-state index contributed by atoms with van der Waals surface area (Å²) in [5.41, 5.74) is 1.26. The van der Waals surface area contributed by atoms with Crippen LogP contribution >= 0.6 is 0 Å². The summed E-state index contributed by atoms with van der Waals surface area (Å²) < 4.78 is 6.80. The Morgan fingerprint density at radius 2 is 1.57 bits per heavy atom. The Morgan fingerprint density at radius 1 is 0.946 bits per heavy atom. The molecule has 3 fully saturated rings. The van der Waals surface area contributed by atoms with E-state index in [9.17, 15) is 14.7 Å². The van der Waals surface area contributed by atoms with Crippen molar-refractivity contribution in [3.05, 3.63) is 95.2 Å². The SMILES string of the molecule is O=C(C[N+]12CCC(CC1)[C@@H](OC(=O)C1(O)c3ccccc3CCc3ccccc31)C2)Nc1ccccn1. The van der Waals surface area contributed by atoms with Gasteiger partial charge in [-0.05, 0) is 36.1 Å². The number of nitrogens with zero attached hydrogens (tertiary/aromatic N) is 2. The molecule has 7 rings (SSSR count). The molecule has 0 radical (unpaired) electrons. The molecule has 4 heterocycles. The molecule has 0 spiro atoms. The fourth-order valence-corrected chi connectivity index (χ4v) is 6.54. The summed E-state index contributed by atoms with van der Waals surface area (Å²) in [5.74, 6) is 0.0645. The van der Waals surface area contributed by atoms with Gasteiger partial charge in [-0.3, -0.25) is 4.79 Å². The summed E-state index contributed by atoms with van der Waals surface area (Å²) >= 11 is 0. The summed E-state index contributed by atoms with van der Waals surface area (Å²) in [6.45, 7) is 2.65. The molecule has 1 aliphatic carbocycles. The highest BCUT2D eigenvalue weighted by atomic mass is 16.6. The number of aliphatic hydroxyl groups is 1. The van der Waals surface area contributed by atoms with Crippen LogP contribution in [0.3, 0.4) is 0 Å². The molecule has 4 aliphatic rings. The molecule has 7 heteroatoms. The average molecular weight is 499 g/mol. The minimum Gasteiger partial charge on any atom is -0.453 e. The minimum atomic E-state index is -1.86. The fourth-order valence-electron chi connectivity index (χ4n) is 6.54. The predicted molar refractivity (Wildman–Crippen MR) is 138 cm³/mol. The molecule has 7 nitrogen and oxygen atoms in total. The van der Waals surface area contributed by atoms with Crippen LogP contribution in [-0.4, -0.2) is 58.7 Å². The number of fused-ring (bicyclic) bond motifs is 5. The Kier molecular flexibility index (Phi) is 6.05. The van der Waals surface area contributed by atoms with Crippen LogP contribution in [0.2, 0.25) is 0 Å². The second kappa shape index (κ2) is 9.39. The van der Waals surface area contributed by atoms with Crippen LogP contribution in [0, 0.1) is 5.92 Å². The van der Waals surface area contributed by atoms with Crippen LogP contribution in [0.15, 0.2) is 72.9 Å². The van der Waals surface area contributed by atoms with E-state index in [1.807, 2.05) is 60.7 Å². The van der Waals surface area contributed by atoms with Crippen LogP contribution in [0.1, 0.15) is 35.1 Å². The first-order valence-corrected chi connectivity index (χ1v) is 13.1. The standard InChI is InChI=1S/C30H31N3O4/c34-28(32-27-11-5-6-16-31-27)20-33-17-14-23(15-18-33)26(19-33)37-29(35)30(36)24-9-3-1-7-21(24)12-13-22-8-2-4-10-25(22)30/h1-11,16,23,26,36H,12-15,17-20H2/p+1/t23?,26-,33?/m0/s1. The molecular formula is C30H32N3O4+. The van der Waals surface area contributed by atoms with Crippen LogP contribution in [-0.2, 0) is 32.8 Å². The third-order valence-corrected chi connectivity index (χ3v) is 8.48. The molecule has 3 saturated heterocycles. The molecule has 2 aromatic carbocycles. The van der Waals surface area contributed by atoms with Crippen molar-refractivity contribution in [1.29, 1.82) is 0 Å². The zero-order valence-corrected chi connectivity index (χ0v) is 20.8. The summed E-state index contributed by atoms with van der Waals surface area (Å²) in [7, 11) is 0. The van der Waals surface area contributed by atoms with Crippen molar-refractivity contribution < 1.29 is 23.9 Å². The number of ether oxygens (including phenoxy) is 1. The molecule has 37 heavy (non-hydrogen) atoms. The molecule has 190 valence electrons. The Bertz CT molecular complexity index is 1270. The van der Waals surface area contributed by atoms with Crippen molar-refractivity contribution in [3.63, 3.8) is 0 Å². The predicted octanol–water partition coefficient (Wildman–Crippen LogP) is 3.21. The first-order chi connectivity index (χ1) is 18.0. The lowest BCUT2D eigenvalue weighted by Crippen LogP contribution is -2.66. The Hall–Kier alpha value is -3.55. The Balaban J connectivity index is 1.24. The van der Waals surface area contributed by atoms with Crippen molar-refractivity contribution in [2.75, 3.05) is 31.5 Å². The number of pyridine rings is 1. The fraction of sp³-hybridized carbons (Fsp3) is 0.367. The van der Waals surface area contributed by atoms with E-state index in [0.717, 1.165) is 49.9 Å². The number of amides is 1. The molecular weight excluding hydrogens is 466 g/mol. The van der Waals surface area contributed by atoms with E-state index in [1.54, 1.807) is 12.3 Å². The van der Waals surface area contributed by atoms with Gasteiger partial charge in [-0.15, -0.1) is 0 Å². The van der Waals surface area contributed by atoms with Crippen LogP contribution < -0.4 is 5.32 Å². The molecule has 3 aromatic rings. The number of hydrogen-bond donors (Lipinski definition) is 2. The van der Waals surface area contributed by atoms with E-state index >= 15 is 0 Å². The average Bonchev–Trinajstić information content (AvgIpc) is 3.05. The maximum absolute atomic E-state index is 13.9. The van der Waals surface area contributed by atoms with E-state index in [2.05, 4.69) is 10.3 Å². The van der Waals surface area contributed by atoms with E-state index in [0.29, 0.717) is 34.5 Å². The van der Waals surface area contributed by atoms with Crippen molar-refractivity contribution >= 4 is 17.7 Å². The molecule has 1 aromatic heterocycles. The number of piperidine rings is 3. The zero-order chi connectivity index (χ0) is 25.5. The number of carbonyl (C=O) groups is 2. The molecule has 2 N–H and O–H groups in total. The third kappa shape index (κ3) is 4.32. The third-order valence-electron chi connectivity index (χ3n) is 8.48. The van der Waals surface area contributed by atoms with Crippen LogP contribution in [0.5, 0.6) is 0 Å². The smallest absolute Gasteiger partial charge is 0.348 e. The number of hydrogen-bond acceptors (Lipinski definition) is 5. The van der Waals surface area contributed by atoms with Gasteiger partial charge in [0.1, 0.15) is 12.4 Å². The Morgan fingerprint density at radius 3 is 2.19 bits per heavy atom. The summed E-state index contributed by atoms with van der Waals surface area (Å²) in [6.07, 6.45) is 4.59. The van der Waals surface area contributed by atoms with Gasteiger partial charge in [-0.1, -0.05) is 54.6 Å². The second-order valence-corrected chi connectivity index (χ2v) is 10.7. The van der Waals surface area contributed by atoms with Crippen molar-refractivity contribution in [2.45, 2.75) is 37.4 Å². The minimum absolute atomic E-state index is 0.0885. The van der Waals surface area contributed by atoms with Gasteiger partial charge in [0.15, 0.2) is 12.6 Å². The molecule has 2 bridgehead atoms. The van der Waals surface area contributed by atoms with E-state index in [1.165, 1.54) is 0 Å². The molecule has 0 unspecified atom stereocenters. The van der Waals surface area contributed by atoms with Crippen LogP contribution in [0.25, 0.3) is 0 Å². The van der Waals surface area contributed by atoms with E-state index in [4.69, 9.17) is 4.74 Å². The van der Waals surface area contributed by atoms with Crippen molar-refractivity contribution in [1.82, 2.24) is 4.98 Å². The first-order valence-electron chi connectivity index (χ1n) is 13.1. The van der Waals surface area contributed by atoms with Gasteiger partial charge in [-0.25, -0.2) is 9.78 Å². The largest absolute Gasteiger partial charge is 0.453 e. The maximum Gasteiger partial charge on any atom is 0.348 e. The lowest BCUT2D eigenvalue weighted by Gasteiger charge is -2.51. The number of anilines is 1. The maximum atomic E-state index is 13.9. The second-order valence-electron chi connectivity index (χ2n) is 10.7. The summed E-state index contributed by atoms with van der Waals surface area (Å²) in [6, 6.07) is 20.7. The van der Waals surface area contributed by atoms with Crippen molar-refractivity contribution in [2.24, 2.45) is 5.92 Å². The number of carbonyl (C=O) groups excluding carboxylic acids is 2. The highest BCUT2D eigenvalue weighted by molar-refractivity contribution is 5.90. The van der Waals surface area contributed by atoms with Gasteiger partial charge in [0.05, 0.1) is 13.1 Å². The van der Waals surface area contributed by atoms with Gasteiger partial charge in [0.25, 0.3) is 5.91 Å². The quantitative estimate of drug-likeness (QED) is 0.417. The highest BCUT2D eigenvalue weighted by Gasteiger charge is 2.52. The van der Waals surface area contributed by atoms with E-state index in [-0.39, 0.29) is 17.9 Å². The van der Waals surface area contributed by atoms with Gasteiger partial charge >= 0.3 is 5.97 Å². The molecule has 0 saturated carbocycles. The number of quaternary nitrogens is 1. The van der Waals surface area contributed by atoms with Gasteiger partial charge < -0.3 is 19.6 Å². The normalized spacial score (nSPS) is 25.3. The van der Waals surface area contributed by atoms with Gasteiger partial charge in [0.2, 0.25) is 5.60 Å². The number of aryl methyl sites for hydroxylation is 2. The van der Waals surface area contributed by atoms with Gasteiger partial charge in [-0.2, -0.15) is 0 Å². The Labute approximate surface area is 216 Å². The van der Waals surface area contributed by atoms with Gasteiger partial charge in [0, 0.05) is 36.1 Å². The molecule has 3 aliphatic heterocycles. The lowest BCUT2D eigenvalue weighted by atomic mass is 9.81. The van der Waals surface area contributed by atoms with E-state index < -0.39 is 11.6 Å². The monoisotopic (exact) mass is 498 g/mol. The van der Waals surface area contributed by atoms with Crippen LogP contribution in [0.4, 0.5) is 5.82 Å². The first kappa shape index (κ1) is 23.8. The molecule has 1 amide bonds. The molecule has 1 atom stereocenters. The number of nitrogens with one attached hydrogen (secondary N) is 1. The number of aromatic nitrogens is 1. The highest BCUT2D eigenvalue weighted by Crippen LogP contribution is 2.41. The zero-order valence-electron chi connectivity index (χ0n) is 20.8. The summed E-state index contributed by atoms with van der Waals surface area (Å²) in [5, 5.41) is 15.0. The lowest BCUT2D eigenvalue weighted by molar-refractivity contribution is -0.939. The number of benzene rings is 2.